The van der Waals surface area contributed by atoms with Gasteiger partial charge in [-0.3, -0.25) is 4.79 Å². The maximum Gasteiger partial charge on any atom is 0.166 e. The van der Waals surface area contributed by atoms with Crippen LogP contribution in [0.2, 0.25) is 0 Å². The van der Waals surface area contributed by atoms with Crippen LogP contribution in [0.5, 0.6) is 0 Å². The molecular formula is C14H18N4O. The molecule has 3 heterocycles. The highest BCUT2D eigenvalue weighted by molar-refractivity contribution is 5.83. The molecule has 19 heavy (non-hydrogen) atoms. The van der Waals surface area contributed by atoms with Crippen molar-refractivity contribution in [3.8, 4) is 0 Å². The van der Waals surface area contributed by atoms with E-state index in [1.54, 1.807) is 10.6 Å². The smallest absolute Gasteiger partial charge is 0.166 e. The lowest BCUT2D eigenvalue weighted by Crippen LogP contribution is -2.34. The fourth-order valence-corrected chi connectivity index (χ4v) is 2.76. The van der Waals surface area contributed by atoms with Crippen molar-refractivity contribution in [1.29, 1.82) is 0 Å². The molecule has 5 nitrogen and oxygen atoms in total. The molecule has 3 rings (SSSR count). The van der Waals surface area contributed by atoms with Crippen LogP contribution in [-0.4, -0.2) is 45.4 Å². The van der Waals surface area contributed by atoms with E-state index in [-0.39, 0.29) is 0 Å². The summed E-state index contributed by atoms with van der Waals surface area (Å²) < 4.78 is 1.71. The van der Waals surface area contributed by atoms with Gasteiger partial charge in [-0.05, 0) is 38.1 Å². The Morgan fingerprint density at radius 2 is 2.42 bits per heavy atom. The van der Waals surface area contributed by atoms with Gasteiger partial charge in [0.1, 0.15) is 0 Å². The van der Waals surface area contributed by atoms with E-state index in [1.165, 1.54) is 13.0 Å². The third-order valence-electron chi connectivity index (χ3n) is 3.85. The van der Waals surface area contributed by atoms with Gasteiger partial charge in [-0.25, -0.2) is 9.50 Å². The Kier molecular flexibility index (Phi) is 3.29. The third-order valence-corrected chi connectivity index (χ3v) is 3.85. The van der Waals surface area contributed by atoms with Crippen molar-refractivity contribution >= 4 is 11.9 Å². The fraction of sp³-hybridized carbons (Fsp3) is 0.500. The standard InChI is InChI=1S/C14H18N4O/c1-2-17-7-3-5-11(9-17)13-15-14-12(10-19)6-4-8-18(14)16-13/h4,6,8,10-11H,2-3,5,7,9H2,1H3. The van der Waals surface area contributed by atoms with Crippen molar-refractivity contribution in [1.82, 2.24) is 19.5 Å². The number of rotatable bonds is 3. The minimum Gasteiger partial charge on any atom is -0.303 e. The molecule has 1 aliphatic heterocycles. The Morgan fingerprint density at radius 1 is 1.53 bits per heavy atom. The fourth-order valence-electron chi connectivity index (χ4n) is 2.76. The van der Waals surface area contributed by atoms with Crippen LogP contribution in [0.1, 0.15) is 41.9 Å². The van der Waals surface area contributed by atoms with Crippen LogP contribution in [0.25, 0.3) is 5.65 Å². The van der Waals surface area contributed by atoms with Crippen LogP contribution in [0.15, 0.2) is 18.3 Å². The summed E-state index contributed by atoms with van der Waals surface area (Å²) in [6.07, 6.45) is 5.00. The first kappa shape index (κ1) is 12.3. The minimum atomic E-state index is 0.383. The molecule has 100 valence electrons. The lowest BCUT2D eigenvalue weighted by Gasteiger charge is -2.30. The maximum absolute atomic E-state index is 11.0. The van der Waals surface area contributed by atoms with Gasteiger partial charge in [-0.2, -0.15) is 5.10 Å². The predicted octanol–water partition coefficient (Wildman–Crippen LogP) is 1.74. The average Bonchev–Trinajstić information content (AvgIpc) is 2.91. The second-order valence-electron chi connectivity index (χ2n) is 5.05. The van der Waals surface area contributed by atoms with Gasteiger partial charge in [-0.1, -0.05) is 6.92 Å². The summed E-state index contributed by atoms with van der Waals surface area (Å²) in [5.74, 6) is 1.25. The van der Waals surface area contributed by atoms with Crippen molar-refractivity contribution in [2.24, 2.45) is 0 Å². The van der Waals surface area contributed by atoms with Crippen LogP contribution in [0.3, 0.4) is 0 Å². The molecule has 5 heteroatoms. The number of likely N-dealkylation sites (tertiary alicyclic amines) is 1. The maximum atomic E-state index is 11.0. The summed E-state index contributed by atoms with van der Waals surface area (Å²) in [6.45, 7) is 5.44. The number of likely N-dealkylation sites (N-methyl/N-ethyl adjacent to an activating group) is 1. The molecule has 2 aromatic rings. The summed E-state index contributed by atoms with van der Waals surface area (Å²) in [5.41, 5.74) is 1.27. The molecule has 0 spiro atoms. The van der Waals surface area contributed by atoms with E-state index in [9.17, 15) is 4.79 Å². The number of carbonyl (C=O) groups excluding carboxylic acids is 1. The SMILES string of the molecule is CCN1CCCC(c2nc3c(C=O)cccn3n2)C1. The lowest BCUT2D eigenvalue weighted by atomic mass is 9.97. The van der Waals surface area contributed by atoms with E-state index in [1.807, 2.05) is 12.3 Å². The molecule has 0 radical (unpaired) electrons. The Labute approximate surface area is 112 Å². The Hall–Kier alpha value is -1.75. The summed E-state index contributed by atoms with van der Waals surface area (Å²) in [7, 11) is 0. The molecule has 1 aliphatic rings. The van der Waals surface area contributed by atoms with Crippen molar-refractivity contribution in [2.75, 3.05) is 19.6 Å². The highest BCUT2D eigenvalue weighted by Crippen LogP contribution is 2.25. The first-order chi connectivity index (χ1) is 9.31. The average molecular weight is 258 g/mol. The van der Waals surface area contributed by atoms with Crippen LogP contribution in [0, 0.1) is 0 Å². The van der Waals surface area contributed by atoms with Gasteiger partial charge in [0, 0.05) is 18.7 Å². The number of piperidine rings is 1. The summed E-state index contributed by atoms with van der Waals surface area (Å²) in [5, 5.41) is 4.53. The van der Waals surface area contributed by atoms with Crippen molar-refractivity contribution in [2.45, 2.75) is 25.7 Å². The van der Waals surface area contributed by atoms with Crippen molar-refractivity contribution in [3.05, 3.63) is 29.7 Å². The van der Waals surface area contributed by atoms with Gasteiger partial charge in [0.15, 0.2) is 17.8 Å². The Balaban J connectivity index is 1.94. The molecule has 0 saturated carbocycles. The molecule has 0 aromatic carbocycles. The van der Waals surface area contributed by atoms with E-state index >= 15 is 0 Å². The molecule has 1 saturated heterocycles. The highest BCUT2D eigenvalue weighted by atomic mass is 16.1. The molecule has 1 unspecified atom stereocenters. The van der Waals surface area contributed by atoms with Crippen LogP contribution >= 0.6 is 0 Å². The summed E-state index contributed by atoms with van der Waals surface area (Å²) >= 11 is 0. The van der Waals surface area contributed by atoms with E-state index in [2.05, 4.69) is 21.9 Å². The van der Waals surface area contributed by atoms with Gasteiger partial charge in [-0.15, -0.1) is 0 Å². The molecule has 0 aliphatic carbocycles. The minimum absolute atomic E-state index is 0.383. The third kappa shape index (κ3) is 2.26. The van der Waals surface area contributed by atoms with E-state index < -0.39 is 0 Å². The summed E-state index contributed by atoms with van der Waals surface area (Å²) in [4.78, 5) is 18.0. The number of hydrogen-bond acceptors (Lipinski definition) is 4. The molecule has 2 aromatic heterocycles. The highest BCUT2D eigenvalue weighted by Gasteiger charge is 2.24. The molecular weight excluding hydrogens is 240 g/mol. The zero-order valence-corrected chi connectivity index (χ0v) is 11.1. The zero-order chi connectivity index (χ0) is 13.2. The topological polar surface area (TPSA) is 50.5 Å². The quantitative estimate of drug-likeness (QED) is 0.787. The number of carbonyl (C=O) groups is 1. The number of aldehydes is 1. The van der Waals surface area contributed by atoms with Gasteiger partial charge in [0.25, 0.3) is 0 Å². The second-order valence-corrected chi connectivity index (χ2v) is 5.05. The molecule has 1 atom stereocenters. The van der Waals surface area contributed by atoms with Crippen LogP contribution < -0.4 is 0 Å². The largest absolute Gasteiger partial charge is 0.303 e. The van der Waals surface area contributed by atoms with E-state index in [0.717, 1.165) is 31.6 Å². The first-order valence-electron chi connectivity index (χ1n) is 6.84. The number of fused-ring (bicyclic) bond motifs is 1. The second kappa shape index (κ2) is 5.09. The van der Waals surface area contributed by atoms with Crippen molar-refractivity contribution < 1.29 is 4.79 Å². The first-order valence-corrected chi connectivity index (χ1v) is 6.84. The summed E-state index contributed by atoms with van der Waals surface area (Å²) in [6, 6.07) is 3.61. The molecule has 0 amide bonds. The van der Waals surface area contributed by atoms with Crippen LogP contribution in [-0.2, 0) is 0 Å². The van der Waals surface area contributed by atoms with Crippen molar-refractivity contribution in [3.63, 3.8) is 0 Å². The predicted molar refractivity (Wildman–Crippen MR) is 72.5 cm³/mol. The van der Waals surface area contributed by atoms with E-state index in [0.29, 0.717) is 17.1 Å². The lowest BCUT2D eigenvalue weighted by molar-refractivity contribution is 0.112. The number of aromatic nitrogens is 3. The van der Waals surface area contributed by atoms with Gasteiger partial charge >= 0.3 is 0 Å². The van der Waals surface area contributed by atoms with Gasteiger partial charge in [0.2, 0.25) is 0 Å². The Morgan fingerprint density at radius 3 is 3.21 bits per heavy atom. The molecule has 0 N–H and O–H groups in total. The normalized spacial score (nSPS) is 20.8. The molecule has 1 fully saturated rings. The number of hydrogen-bond donors (Lipinski definition) is 0. The Bertz CT molecular complexity index is 592. The number of nitrogens with zero attached hydrogens (tertiary/aromatic N) is 4. The monoisotopic (exact) mass is 258 g/mol. The number of pyridine rings is 1. The van der Waals surface area contributed by atoms with Gasteiger partial charge < -0.3 is 4.90 Å². The van der Waals surface area contributed by atoms with Gasteiger partial charge in [0.05, 0.1) is 5.56 Å². The van der Waals surface area contributed by atoms with E-state index in [4.69, 9.17) is 0 Å². The van der Waals surface area contributed by atoms with Crippen LogP contribution in [0.4, 0.5) is 0 Å². The molecule has 0 bridgehead atoms. The zero-order valence-electron chi connectivity index (χ0n) is 11.1.